The minimum absolute atomic E-state index is 0.397. The number of alkyl halides is 2. The van der Waals surface area contributed by atoms with E-state index in [0.717, 1.165) is 0 Å². The largest absolute Gasteiger partial charge is 0.481 e. The Morgan fingerprint density at radius 2 is 1.14 bits per heavy atom. The van der Waals surface area contributed by atoms with Gasteiger partial charge in [-0.2, -0.15) is 0 Å². The van der Waals surface area contributed by atoms with E-state index in [4.69, 9.17) is 9.47 Å². The molecule has 0 saturated heterocycles. The zero-order valence-electron chi connectivity index (χ0n) is 12.7. The van der Waals surface area contributed by atoms with Crippen LogP contribution in [0.25, 0.3) is 0 Å². The highest BCUT2D eigenvalue weighted by Gasteiger charge is 2.39. The first-order valence-electron chi connectivity index (χ1n) is 6.16. The number of hydrogen-bond donors (Lipinski definition) is 1. The molecule has 1 N–H and O–H groups in total. The summed E-state index contributed by atoms with van der Waals surface area (Å²) >= 11 is 6.25. The number of carboxylic acid groups (broad SMARTS) is 1. The maximum Gasteiger partial charge on any atom is 0.322 e. The Bertz CT molecular complexity index is 389. The molecule has 0 aromatic rings. The van der Waals surface area contributed by atoms with E-state index in [1.54, 1.807) is 27.7 Å². The normalized spacial score (nSPS) is 12.7. The fraction of sp³-hybridized carbons (Fsp3) is 0.769. The van der Waals surface area contributed by atoms with Gasteiger partial charge in [0.15, 0.2) is 0 Å². The summed E-state index contributed by atoms with van der Waals surface area (Å²) in [5.41, 5.74) is -1.51. The van der Waals surface area contributed by atoms with Crippen LogP contribution in [0.3, 0.4) is 0 Å². The van der Waals surface area contributed by atoms with Crippen molar-refractivity contribution in [2.45, 2.75) is 43.3 Å². The topological polar surface area (TPSA) is 89.9 Å². The third kappa shape index (κ3) is 6.78. The van der Waals surface area contributed by atoms with Crippen LogP contribution < -0.4 is 0 Å². The molecule has 0 bridgehead atoms. The van der Waals surface area contributed by atoms with E-state index in [0.29, 0.717) is 0 Å². The van der Waals surface area contributed by atoms with E-state index < -0.39 is 45.2 Å². The van der Waals surface area contributed by atoms with Crippen molar-refractivity contribution in [2.24, 2.45) is 5.41 Å². The van der Waals surface area contributed by atoms with Crippen LogP contribution in [0.15, 0.2) is 0 Å². The Labute approximate surface area is 140 Å². The third-order valence-electron chi connectivity index (χ3n) is 2.53. The van der Waals surface area contributed by atoms with E-state index in [2.05, 4.69) is 31.9 Å². The molecule has 0 unspecified atom stereocenters. The number of carboxylic acids is 1. The fourth-order valence-corrected chi connectivity index (χ4v) is 1.19. The zero-order valence-corrected chi connectivity index (χ0v) is 15.8. The number of carbonyl (C=O) groups is 3. The Morgan fingerprint density at radius 1 is 0.857 bits per heavy atom. The molecular weight excluding hydrogens is 412 g/mol. The highest BCUT2D eigenvalue weighted by Crippen LogP contribution is 2.24. The minimum atomic E-state index is -1.51. The van der Waals surface area contributed by atoms with Gasteiger partial charge in [0.25, 0.3) is 0 Å². The van der Waals surface area contributed by atoms with Crippen LogP contribution in [0, 0.1) is 5.41 Å². The summed E-state index contributed by atoms with van der Waals surface area (Å²) in [6.07, 6.45) is 0. The highest BCUT2D eigenvalue weighted by atomic mass is 79.9. The molecule has 0 aromatic carbocycles. The van der Waals surface area contributed by atoms with Crippen LogP contribution in [0.1, 0.15) is 34.6 Å². The molecule has 0 amide bonds. The molecular formula is C13H20Br2O6. The maximum atomic E-state index is 11.7. The standard InChI is InChI=1S/C13H20Br2O6/c1-11(2,14)9(18)20-6-13(5,8(16)17)7-21-10(19)12(3,4)15/h6-7H2,1-5H3,(H,16,17). The van der Waals surface area contributed by atoms with Crippen molar-refractivity contribution in [2.75, 3.05) is 13.2 Å². The number of rotatable bonds is 7. The number of esters is 2. The molecule has 0 radical (unpaired) electrons. The van der Waals surface area contributed by atoms with Crippen molar-refractivity contribution in [3.05, 3.63) is 0 Å². The van der Waals surface area contributed by atoms with Crippen LogP contribution in [-0.4, -0.2) is 44.9 Å². The minimum Gasteiger partial charge on any atom is -0.481 e. The van der Waals surface area contributed by atoms with Crippen LogP contribution in [0.5, 0.6) is 0 Å². The zero-order chi connectivity index (χ0) is 17.1. The molecule has 0 spiro atoms. The molecule has 0 aliphatic heterocycles. The molecule has 0 aromatic heterocycles. The van der Waals surface area contributed by atoms with Crippen molar-refractivity contribution >= 4 is 49.8 Å². The Kier molecular flexibility index (Phi) is 6.87. The molecule has 0 aliphatic carbocycles. The summed E-state index contributed by atoms with van der Waals surface area (Å²) in [6.45, 7) is 6.89. The Hall–Kier alpha value is -0.630. The van der Waals surface area contributed by atoms with Gasteiger partial charge in [0.05, 0.1) is 0 Å². The first-order valence-corrected chi connectivity index (χ1v) is 7.74. The van der Waals surface area contributed by atoms with Gasteiger partial charge in [0, 0.05) is 0 Å². The lowest BCUT2D eigenvalue weighted by molar-refractivity contribution is -0.166. The summed E-state index contributed by atoms with van der Waals surface area (Å²) in [5, 5.41) is 9.26. The molecule has 0 saturated carbocycles. The molecule has 21 heavy (non-hydrogen) atoms. The predicted molar refractivity (Wildman–Crippen MR) is 83.7 cm³/mol. The van der Waals surface area contributed by atoms with Gasteiger partial charge in [-0.05, 0) is 34.6 Å². The fourth-order valence-electron chi connectivity index (χ4n) is 0.958. The first kappa shape index (κ1) is 20.4. The molecule has 0 heterocycles. The van der Waals surface area contributed by atoms with E-state index >= 15 is 0 Å². The highest BCUT2D eigenvalue weighted by molar-refractivity contribution is 9.10. The number of carbonyl (C=O) groups excluding carboxylic acids is 2. The van der Waals surface area contributed by atoms with Crippen molar-refractivity contribution in [3.8, 4) is 0 Å². The molecule has 6 nitrogen and oxygen atoms in total. The van der Waals surface area contributed by atoms with Crippen molar-refractivity contribution in [1.29, 1.82) is 0 Å². The quantitative estimate of drug-likeness (QED) is 0.492. The van der Waals surface area contributed by atoms with Crippen molar-refractivity contribution < 1.29 is 29.0 Å². The van der Waals surface area contributed by atoms with E-state index in [1.165, 1.54) is 6.92 Å². The Balaban J connectivity index is 4.77. The van der Waals surface area contributed by atoms with E-state index in [1.807, 2.05) is 0 Å². The van der Waals surface area contributed by atoms with Gasteiger partial charge >= 0.3 is 17.9 Å². The third-order valence-corrected chi connectivity index (χ3v) is 3.18. The van der Waals surface area contributed by atoms with Gasteiger partial charge < -0.3 is 14.6 Å². The molecule has 0 rings (SSSR count). The first-order chi connectivity index (χ1) is 9.20. The maximum absolute atomic E-state index is 11.7. The average molecular weight is 432 g/mol. The molecule has 122 valence electrons. The van der Waals surface area contributed by atoms with Gasteiger partial charge in [-0.1, -0.05) is 31.9 Å². The summed E-state index contributed by atoms with van der Waals surface area (Å²) < 4.78 is 8.13. The summed E-state index contributed by atoms with van der Waals surface area (Å²) in [7, 11) is 0. The second-order valence-corrected chi connectivity index (χ2v) is 9.93. The van der Waals surface area contributed by atoms with E-state index in [-0.39, 0.29) is 0 Å². The number of hydrogen-bond acceptors (Lipinski definition) is 5. The van der Waals surface area contributed by atoms with Crippen LogP contribution in [0.4, 0.5) is 0 Å². The predicted octanol–water partition coefficient (Wildman–Crippen LogP) is 2.51. The van der Waals surface area contributed by atoms with Crippen molar-refractivity contribution in [3.63, 3.8) is 0 Å². The lowest BCUT2D eigenvalue weighted by Gasteiger charge is -2.26. The smallest absolute Gasteiger partial charge is 0.322 e. The summed E-state index contributed by atoms with van der Waals surface area (Å²) in [5.74, 6) is -2.41. The molecule has 0 fully saturated rings. The molecule has 0 aliphatic rings. The van der Waals surface area contributed by atoms with E-state index in [9.17, 15) is 19.5 Å². The van der Waals surface area contributed by atoms with Gasteiger partial charge in [0.2, 0.25) is 0 Å². The van der Waals surface area contributed by atoms with Crippen molar-refractivity contribution in [1.82, 2.24) is 0 Å². The second kappa shape index (κ2) is 7.09. The van der Waals surface area contributed by atoms with Crippen LogP contribution >= 0.6 is 31.9 Å². The number of aliphatic carboxylic acids is 1. The summed E-state index contributed by atoms with van der Waals surface area (Å²) in [6, 6.07) is 0. The molecule has 8 heteroatoms. The second-order valence-electron chi connectivity index (χ2n) is 5.96. The van der Waals surface area contributed by atoms with Gasteiger partial charge in [0.1, 0.15) is 27.3 Å². The van der Waals surface area contributed by atoms with Crippen LogP contribution in [-0.2, 0) is 23.9 Å². The van der Waals surface area contributed by atoms with Crippen LogP contribution in [0.2, 0.25) is 0 Å². The SMILES string of the molecule is CC(C)(Br)C(=O)OCC(C)(COC(=O)C(C)(C)Br)C(=O)O. The average Bonchev–Trinajstić information content (AvgIpc) is 2.30. The van der Waals surface area contributed by atoms with Gasteiger partial charge in [-0.25, -0.2) is 0 Å². The van der Waals surface area contributed by atoms with Gasteiger partial charge in [-0.3, -0.25) is 14.4 Å². The lowest BCUT2D eigenvalue weighted by Crippen LogP contribution is -2.42. The molecule has 0 atom stereocenters. The monoisotopic (exact) mass is 430 g/mol. The number of halogens is 2. The lowest BCUT2D eigenvalue weighted by atomic mass is 9.93. The Morgan fingerprint density at radius 3 is 1.33 bits per heavy atom. The van der Waals surface area contributed by atoms with Gasteiger partial charge in [-0.15, -0.1) is 0 Å². The number of ether oxygens (including phenoxy) is 2. The summed E-state index contributed by atoms with van der Waals surface area (Å²) in [4.78, 5) is 34.6.